The molecule has 0 aliphatic heterocycles. The average Bonchev–Trinajstić information content (AvgIpc) is 3.15. The Morgan fingerprint density at radius 3 is 2.71 bits per heavy atom. The van der Waals surface area contributed by atoms with Gasteiger partial charge < -0.3 is 5.32 Å². The van der Waals surface area contributed by atoms with E-state index < -0.39 is 0 Å². The number of aryl methyl sites for hydroxylation is 1. The lowest BCUT2D eigenvalue weighted by Gasteiger charge is -2.24. The van der Waals surface area contributed by atoms with Gasteiger partial charge in [-0.25, -0.2) is 0 Å². The maximum absolute atomic E-state index is 4.87. The Bertz CT molecular complexity index is 610. The Labute approximate surface area is 127 Å². The number of hydrogen-bond donors (Lipinski definition) is 1. The summed E-state index contributed by atoms with van der Waals surface area (Å²) in [5.41, 5.74) is 3.01. The summed E-state index contributed by atoms with van der Waals surface area (Å²) in [6, 6.07) is 9.19. The first-order valence-electron chi connectivity index (χ1n) is 8.35. The monoisotopic (exact) mass is 285 g/mol. The fraction of sp³-hybridized carbons (Fsp3) is 0.611. The normalized spacial score (nSPS) is 18.0. The van der Waals surface area contributed by atoms with Gasteiger partial charge in [-0.3, -0.25) is 4.68 Å². The Morgan fingerprint density at radius 2 is 2.05 bits per heavy atom. The molecule has 21 heavy (non-hydrogen) atoms. The molecule has 114 valence electrons. The maximum atomic E-state index is 4.87. The van der Waals surface area contributed by atoms with Crippen LogP contribution in [0.2, 0.25) is 0 Å². The van der Waals surface area contributed by atoms with Crippen molar-refractivity contribution >= 4 is 10.9 Å². The van der Waals surface area contributed by atoms with E-state index in [1.165, 1.54) is 35.9 Å². The van der Waals surface area contributed by atoms with Crippen LogP contribution in [0.5, 0.6) is 0 Å². The summed E-state index contributed by atoms with van der Waals surface area (Å²) >= 11 is 0. The molecular weight excluding hydrogens is 258 g/mol. The van der Waals surface area contributed by atoms with Gasteiger partial charge in [-0.2, -0.15) is 5.10 Å². The van der Waals surface area contributed by atoms with E-state index in [0.29, 0.717) is 11.5 Å². The molecule has 2 aromatic rings. The van der Waals surface area contributed by atoms with E-state index in [2.05, 4.69) is 55.0 Å². The second-order valence-electron chi connectivity index (χ2n) is 6.64. The molecule has 1 unspecified atom stereocenters. The van der Waals surface area contributed by atoms with Crippen molar-refractivity contribution in [1.82, 2.24) is 15.1 Å². The van der Waals surface area contributed by atoms with Crippen molar-refractivity contribution in [3.8, 4) is 0 Å². The lowest BCUT2D eigenvalue weighted by atomic mass is 9.93. The van der Waals surface area contributed by atoms with Gasteiger partial charge in [0, 0.05) is 24.4 Å². The fourth-order valence-corrected chi connectivity index (χ4v) is 3.21. The average molecular weight is 285 g/mol. The zero-order chi connectivity index (χ0) is 14.9. The summed E-state index contributed by atoms with van der Waals surface area (Å²) in [7, 11) is 0. The van der Waals surface area contributed by atoms with E-state index in [9.17, 15) is 0 Å². The zero-order valence-electron chi connectivity index (χ0n) is 13.5. The summed E-state index contributed by atoms with van der Waals surface area (Å²) < 4.78 is 2.14. The standard InChI is InChI=1S/C18H27N3/c1-4-12-19-17(18(3)10-11-18)13-15-14-8-6-7-9-16(14)21(5-2)20-15/h6-9,17,19H,4-5,10-13H2,1-3H3. The second-order valence-corrected chi connectivity index (χ2v) is 6.64. The van der Waals surface area contributed by atoms with E-state index in [-0.39, 0.29) is 0 Å². The highest BCUT2D eigenvalue weighted by Gasteiger charge is 2.44. The molecule has 1 heterocycles. The topological polar surface area (TPSA) is 29.9 Å². The van der Waals surface area contributed by atoms with Crippen LogP contribution < -0.4 is 5.32 Å². The van der Waals surface area contributed by atoms with Gasteiger partial charge in [-0.05, 0) is 44.2 Å². The van der Waals surface area contributed by atoms with Crippen LogP contribution in [0.25, 0.3) is 10.9 Å². The van der Waals surface area contributed by atoms with E-state index in [1.807, 2.05) is 0 Å². The Balaban J connectivity index is 1.88. The van der Waals surface area contributed by atoms with E-state index >= 15 is 0 Å². The quantitative estimate of drug-likeness (QED) is 0.839. The van der Waals surface area contributed by atoms with Crippen LogP contribution in [0.15, 0.2) is 24.3 Å². The van der Waals surface area contributed by atoms with Crippen LogP contribution in [0, 0.1) is 5.41 Å². The molecule has 0 bridgehead atoms. The molecule has 3 heteroatoms. The molecule has 1 fully saturated rings. The summed E-state index contributed by atoms with van der Waals surface area (Å²) in [5, 5.41) is 9.96. The molecule has 0 amide bonds. The van der Waals surface area contributed by atoms with Gasteiger partial charge in [0.15, 0.2) is 0 Å². The first-order chi connectivity index (χ1) is 10.2. The predicted octanol–water partition coefficient (Wildman–Crippen LogP) is 3.77. The van der Waals surface area contributed by atoms with Crippen molar-refractivity contribution in [2.45, 2.75) is 59.0 Å². The van der Waals surface area contributed by atoms with Crippen molar-refractivity contribution in [2.24, 2.45) is 5.41 Å². The summed E-state index contributed by atoms with van der Waals surface area (Å²) in [4.78, 5) is 0. The maximum Gasteiger partial charge on any atom is 0.0719 e. The number of aromatic nitrogens is 2. The van der Waals surface area contributed by atoms with Gasteiger partial charge in [0.2, 0.25) is 0 Å². The molecule has 3 rings (SSSR count). The number of para-hydroxylation sites is 1. The summed E-state index contributed by atoms with van der Waals surface area (Å²) in [6.45, 7) is 8.86. The number of rotatable bonds is 7. The second kappa shape index (κ2) is 5.80. The molecule has 0 radical (unpaired) electrons. The van der Waals surface area contributed by atoms with Gasteiger partial charge in [-0.15, -0.1) is 0 Å². The van der Waals surface area contributed by atoms with Crippen LogP contribution in [0.3, 0.4) is 0 Å². The number of hydrogen-bond acceptors (Lipinski definition) is 2. The number of nitrogens with one attached hydrogen (secondary N) is 1. The van der Waals surface area contributed by atoms with E-state index in [1.54, 1.807) is 0 Å². The number of fused-ring (bicyclic) bond motifs is 1. The Morgan fingerprint density at radius 1 is 1.29 bits per heavy atom. The molecule has 1 aromatic heterocycles. The SMILES string of the molecule is CCCNC(Cc1nn(CC)c2ccccc12)C1(C)CC1. The van der Waals surface area contributed by atoms with Crippen LogP contribution >= 0.6 is 0 Å². The lowest BCUT2D eigenvalue weighted by molar-refractivity contribution is 0.351. The smallest absolute Gasteiger partial charge is 0.0719 e. The Hall–Kier alpha value is -1.35. The molecule has 0 spiro atoms. The minimum atomic E-state index is 0.478. The lowest BCUT2D eigenvalue weighted by Crippen LogP contribution is -2.38. The van der Waals surface area contributed by atoms with Crippen molar-refractivity contribution in [2.75, 3.05) is 6.54 Å². The van der Waals surface area contributed by atoms with Gasteiger partial charge in [0.25, 0.3) is 0 Å². The fourth-order valence-electron chi connectivity index (χ4n) is 3.21. The first kappa shape index (κ1) is 14.6. The third-order valence-electron chi connectivity index (χ3n) is 4.95. The molecule has 1 aliphatic carbocycles. The number of benzene rings is 1. The van der Waals surface area contributed by atoms with Crippen molar-refractivity contribution in [1.29, 1.82) is 0 Å². The third kappa shape index (κ3) is 2.84. The molecule has 1 aromatic carbocycles. The molecule has 1 N–H and O–H groups in total. The Kier molecular flexibility index (Phi) is 4.03. The van der Waals surface area contributed by atoms with E-state index in [0.717, 1.165) is 19.5 Å². The largest absolute Gasteiger partial charge is 0.313 e. The molecule has 1 aliphatic rings. The van der Waals surface area contributed by atoms with E-state index in [4.69, 9.17) is 5.10 Å². The van der Waals surface area contributed by atoms with Gasteiger partial charge in [-0.1, -0.05) is 32.0 Å². The molecule has 1 atom stereocenters. The van der Waals surface area contributed by atoms with Crippen LogP contribution in [-0.2, 0) is 13.0 Å². The van der Waals surface area contributed by atoms with Crippen molar-refractivity contribution < 1.29 is 0 Å². The zero-order valence-corrected chi connectivity index (χ0v) is 13.5. The van der Waals surface area contributed by atoms with Crippen LogP contribution in [0.4, 0.5) is 0 Å². The predicted molar refractivity (Wildman–Crippen MR) is 88.5 cm³/mol. The van der Waals surface area contributed by atoms with Crippen molar-refractivity contribution in [3.63, 3.8) is 0 Å². The minimum absolute atomic E-state index is 0.478. The number of nitrogens with zero attached hydrogens (tertiary/aromatic N) is 2. The van der Waals surface area contributed by atoms with Crippen molar-refractivity contribution in [3.05, 3.63) is 30.0 Å². The van der Waals surface area contributed by atoms with Gasteiger partial charge >= 0.3 is 0 Å². The highest BCUT2D eigenvalue weighted by molar-refractivity contribution is 5.82. The van der Waals surface area contributed by atoms with Crippen LogP contribution in [-0.4, -0.2) is 22.4 Å². The van der Waals surface area contributed by atoms with Gasteiger partial charge in [0.05, 0.1) is 11.2 Å². The molecule has 0 saturated heterocycles. The van der Waals surface area contributed by atoms with Gasteiger partial charge in [0.1, 0.15) is 0 Å². The minimum Gasteiger partial charge on any atom is -0.313 e. The molecule has 3 nitrogen and oxygen atoms in total. The highest BCUT2D eigenvalue weighted by atomic mass is 15.3. The summed E-state index contributed by atoms with van der Waals surface area (Å²) in [5.74, 6) is 0. The third-order valence-corrected chi connectivity index (χ3v) is 4.95. The van der Waals surface area contributed by atoms with Crippen LogP contribution in [0.1, 0.15) is 45.7 Å². The summed E-state index contributed by atoms with van der Waals surface area (Å²) in [6.07, 6.45) is 4.93. The molecular formula is C18H27N3. The highest BCUT2D eigenvalue weighted by Crippen LogP contribution is 2.49. The first-order valence-corrected chi connectivity index (χ1v) is 8.35. The molecule has 1 saturated carbocycles.